The molecule has 0 fully saturated rings. The average Bonchev–Trinajstić information content (AvgIpc) is 3.98. The number of hydrogen-bond donors (Lipinski definition) is 0. The molecule has 12 rings (SSSR count). The third kappa shape index (κ3) is 5.08. The van der Waals surface area contributed by atoms with Gasteiger partial charge in [0.2, 0.25) is 0 Å². The number of nitrogens with zero attached hydrogens (tertiary/aromatic N) is 2. The Kier molecular flexibility index (Phi) is 7.10. The van der Waals surface area contributed by atoms with Crippen LogP contribution >= 0.6 is 11.3 Å². The van der Waals surface area contributed by atoms with E-state index in [2.05, 4.69) is 199 Å². The van der Waals surface area contributed by atoms with Crippen molar-refractivity contribution in [3.05, 3.63) is 194 Å². The van der Waals surface area contributed by atoms with Gasteiger partial charge in [-0.25, -0.2) is 4.98 Å². The normalized spacial score (nSPS) is 11.9. The van der Waals surface area contributed by atoms with Gasteiger partial charge in [0.05, 0.1) is 26.6 Å². The molecular weight excluding hydrogens is 713 g/mol. The van der Waals surface area contributed by atoms with Crippen LogP contribution in [0.15, 0.2) is 199 Å². The Morgan fingerprint density at radius 1 is 0.439 bits per heavy atom. The molecule has 3 heterocycles. The second kappa shape index (κ2) is 12.6. The largest absolute Gasteiger partial charge is 0.455 e. The smallest absolute Gasteiger partial charge is 0.143 e. The summed E-state index contributed by atoms with van der Waals surface area (Å²) >= 11 is 1.73. The third-order valence-corrected chi connectivity index (χ3v) is 12.5. The molecule has 0 bridgehead atoms. The summed E-state index contributed by atoms with van der Waals surface area (Å²) in [6.45, 7) is 0. The van der Waals surface area contributed by atoms with Crippen LogP contribution in [0.5, 0.6) is 0 Å². The zero-order valence-electron chi connectivity index (χ0n) is 30.7. The number of furan rings is 1. The minimum absolute atomic E-state index is 0.851. The minimum atomic E-state index is 0.851. The summed E-state index contributed by atoms with van der Waals surface area (Å²) in [5.41, 5.74) is 14.4. The van der Waals surface area contributed by atoms with E-state index < -0.39 is 0 Å². The third-order valence-electron chi connectivity index (χ3n) is 11.4. The maximum atomic E-state index is 6.73. The molecule has 0 spiro atoms. The highest BCUT2D eigenvalue weighted by Crippen LogP contribution is 2.44. The number of para-hydroxylation sites is 3. The number of thiazole rings is 1. The Morgan fingerprint density at radius 3 is 2.00 bits per heavy atom. The van der Waals surface area contributed by atoms with Gasteiger partial charge in [-0.1, -0.05) is 146 Å². The molecule has 0 aliphatic rings. The van der Waals surface area contributed by atoms with E-state index in [1.54, 1.807) is 11.3 Å². The van der Waals surface area contributed by atoms with Crippen molar-refractivity contribution in [3.63, 3.8) is 0 Å². The number of hydrogen-bond acceptors (Lipinski definition) is 3. The van der Waals surface area contributed by atoms with Crippen molar-refractivity contribution < 1.29 is 4.42 Å². The van der Waals surface area contributed by atoms with Crippen molar-refractivity contribution in [3.8, 4) is 49.6 Å². The Balaban J connectivity index is 0.942. The highest BCUT2D eigenvalue weighted by molar-refractivity contribution is 7.21. The zero-order valence-corrected chi connectivity index (χ0v) is 31.5. The summed E-state index contributed by atoms with van der Waals surface area (Å²) in [5, 5.41) is 8.10. The van der Waals surface area contributed by atoms with Crippen molar-refractivity contribution in [2.75, 3.05) is 0 Å². The lowest BCUT2D eigenvalue weighted by Crippen LogP contribution is -1.93. The molecule has 0 aliphatic heterocycles. The van der Waals surface area contributed by atoms with Gasteiger partial charge in [0, 0.05) is 33.0 Å². The maximum absolute atomic E-state index is 6.73. The van der Waals surface area contributed by atoms with E-state index in [0.717, 1.165) is 59.5 Å². The first-order valence-corrected chi connectivity index (χ1v) is 20.1. The van der Waals surface area contributed by atoms with E-state index in [4.69, 9.17) is 9.40 Å². The van der Waals surface area contributed by atoms with Crippen LogP contribution in [0.2, 0.25) is 0 Å². The SMILES string of the molecule is c1ccc(-c2cc(-c3cccc4c3oc3ccc5sc(-c6ccc(-c7ccc8c9ccccc9n(-c9ccccc9)c8c7)cc6)nc5c34)cc3ccccc23)cc1. The second-order valence-electron chi connectivity index (χ2n) is 14.7. The lowest BCUT2D eigenvalue weighted by molar-refractivity contribution is 0.670. The van der Waals surface area contributed by atoms with Crippen LogP contribution in [0.1, 0.15) is 0 Å². The molecule has 0 saturated carbocycles. The van der Waals surface area contributed by atoms with Gasteiger partial charge in [-0.15, -0.1) is 11.3 Å². The molecule has 4 heteroatoms. The monoisotopic (exact) mass is 744 g/mol. The summed E-state index contributed by atoms with van der Waals surface area (Å²) in [5.74, 6) is 0. The molecule has 3 aromatic heterocycles. The fourth-order valence-corrected chi connectivity index (χ4v) is 9.74. The maximum Gasteiger partial charge on any atom is 0.143 e. The van der Waals surface area contributed by atoms with Crippen LogP contribution in [0.3, 0.4) is 0 Å². The molecule has 57 heavy (non-hydrogen) atoms. The summed E-state index contributed by atoms with van der Waals surface area (Å²) in [7, 11) is 0. The molecule has 0 radical (unpaired) electrons. The van der Waals surface area contributed by atoms with Gasteiger partial charge in [0.1, 0.15) is 16.2 Å². The van der Waals surface area contributed by atoms with Crippen LogP contribution in [-0.4, -0.2) is 9.55 Å². The molecule has 0 amide bonds. The van der Waals surface area contributed by atoms with Crippen molar-refractivity contribution in [1.29, 1.82) is 0 Å². The Bertz CT molecular complexity index is 3500. The Morgan fingerprint density at radius 2 is 1.14 bits per heavy atom. The van der Waals surface area contributed by atoms with Crippen LogP contribution in [0.25, 0.3) is 114 Å². The highest BCUT2D eigenvalue weighted by atomic mass is 32.1. The topological polar surface area (TPSA) is 31.0 Å². The lowest BCUT2D eigenvalue weighted by atomic mass is 9.92. The molecule has 9 aromatic carbocycles. The lowest BCUT2D eigenvalue weighted by Gasteiger charge is -2.11. The highest BCUT2D eigenvalue weighted by Gasteiger charge is 2.19. The fourth-order valence-electron chi connectivity index (χ4n) is 8.76. The number of aromatic nitrogens is 2. The predicted octanol–water partition coefficient (Wildman–Crippen LogP) is 15.1. The van der Waals surface area contributed by atoms with Gasteiger partial charge >= 0.3 is 0 Å². The standard InChI is InChI=1S/C53H32N2OS/c1-3-12-34(13-4-1)45-31-38(30-37-14-7-8-17-40(37)45)41-19-11-20-44-50-48(56-52(41)44)28-29-49-51(50)54-53(57-49)35-24-22-33(23-25-35)36-26-27-43-42-18-9-10-21-46(42)55(47(43)32-36)39-15-5-2-6-16-39/h1-32H. The Hall–Kier alpha value is -7.27. The zero-order chi connectivity index (χ0) is 37.5. The summed E-state index contributed by atoms with van der Waals surface area (Å²) in [4.78, 5) is 5.30. The number of rotatable bonds is 5. The quantitative estimate of drug-likeness (QED) is 0.176. The van der Waals surface area contributed by atoms with Crippen LogP contribution < -0.4 is 0 Å². The van der Waals surface area contributed by atoms with Crippen molar-refractivity contribution >= 4 is 76.1 Å². The van der Waals surface area contributed by atoms with Gasteiger partial charge < -0.3 is 8.98 Å². The molecule has 0 unspecified atom stereocenters. The minimum Gasteiger partial charge on any atom is -0.455 e. The first-order chi connectivity index (χ1) is 28.2. The molecular formula is C53H32N2OS. The fraction of sp³-hybridized carbons (Fsp3) is 0. The summed E-state index contributed by atoms with van der Waals surface area (Å²) in [6.07, 6.45) is 0. The van der Waals surface area contributed by atoms with Crippen molar-refractivity contribution in [2.45, 2.75) is 0 Å². The molecule has 12 aromatic rings. The summed E-state index contributed by atoms with van der Waals surface area (Å²) < 4.78 is 10.2. The van der Waals surface area contributed by atoms with Gasteiger partial charge in [-0.05, 0) is 87.1 Å². The van der Waals surface area contributed by atoms with E-state index in [0.29, 0.717) is 0 Å². The Labute approximate surface area is 332 Å². The van der Waals surface area contributed by atoms with E-state index in [1.807, 2.05) is 0 Å². The van der Waals surface area contributed by atoms with E-state index in [1.165, 1.54) is 54.8 Å². The van der Waals surface area contributed by atoms with Gasteiger partial charge in [-0.2, -0.15) is 0 Å². The molecule has 0 saturated heterocycles. The molecule has 3 nitrogen and oxygen atoms in total. The van der Waals surface area contributed by atoms with Crippen LogP contribution in [0.4, 0.5) is 0 Å². The molecule has 0 aliphatic carbocycles. The van der Waals surface area contributed by atoms with Gasteiger partial charge in [0.15, 0.2) is 0 Å². The van der Waals surface area contributed by atoms with Crippen LogP contribution in [-0.2, 0) is 0 Å². The first kappa shape index (κ1) is 32.0. The van der Waals surface area contributed by atoms with Crippen LogP contribution in [0, 0.1) is 0 Å². The van der Waals surface area contributed by atoms with E-state index in [-0.39, 0.29) is 0 Å². The predicted molar refractivity (Wildman–Crippen MR) is 240 cm³/mol. The van der Waals surface area contributed by atoms with Crippen molar-refractivity contribution in [2.24, 2.45) is 0 Å². The average molecular weight is 745 g/mol. The van der Waals surface area contributed by atoms with Crippen molar-refractivity contribution in [1.82, 2.24) is 9.55 Å². The van der Waals surface area contributed by atoms with E-state index in [9.17, 15) is 0 Å². The number of fused-ring (bicyclic) bond motifs is 9. The van der Waals surface area contributed by atoms with Gasteiger partial charge in [0.25, 0.3) is 0 Å². The molecule has 0 atom stereocenters. The summed E-state index contributed by atoms with van der Waals surface area (Å²) in [6, 6.07) is 69.6. The van der Waals surface area contributed by atoms with Gasteiger partial charge in [-0.3, -0.25) is 0 Å². The number of benzene rings is 9. The first-order valence-electron chi connectivity index (χ1n) is 19.3. The van der Waals surface area contributed by atoms with E-state index >= 15 is 0 Å². The second-order valence-corrected chi connectivity index (χ2v) is 15.7. The molecule has 266 valence electrons. The molecule has 0 N–H and O–H groups in total.